The Balaban J connectivity index is 0.000000227. The van der Waals surface area contributed by atoms with E-state index < -0.39 is 11.1 Å². The second-order valence-corrected chi connectivity index (χ2v) is 9.03. The highest BCUT2D eigenvalue weighted by atomic mass is 16.6. The van der Waals surface area contributed by atoms with E-state index in [-0.39, 0.29) is 0 Å². The number of hydrogen-bond donors (Lipinski definition) is 0. The third-order valence-electron chi connectivity index (χ3n) is 6.04. The molecule has 1 aromatic rings. The predicted molar refractivity (Wildman–Crippen MR) is 150 cm³/mol. The number of nitrogens with zero attached hydrogens (tertiary/aromatic N) is 4. The lowest BCUT2D eigenvalue weighted by molar-refractivity contribution is 0.198. The molecular weight excluding hydrogens is 512 g/mol. The van der Waals surface area contributed by atoms with Gasteiger partial charge in [0.05, 0.1) is 35.7 Å². The number of ether oxygens (including phenoxy) is 2. The number of benzene rings is 1. The monoisotopic (exact) mass is 544 g/mol. The molecule has 0 aromatic heterocycles. The summed E-state index contributed by atoms with van der Waals surface area (Å²) in [6, 6.07) is 4.94. The van der Waals surface area contributed by atoms with Gasteiger partial charge in [0, 0.05) is 25.2 Å². The number of carbonyl (C=O) groups excluding carboxylic acids is 4. The van der Waals surface area contributed by atoms with E-state index in [1.54, 1.807) is 37.3 Å². The van der Waals surface area contributed by atoms with Crippen molar-refractivity contribution >= 4 is 35.7 Å². The molecule has 208 valence electrons. The average molecular weight is 545 g/mol. The van der Waals surface area contributed by atoms with Crippen LogP contribution in [0.1, 0.15) is 37.7 Å². The van der Waals surface area contributed by atoms with Crippen LogP contribution in [0.3, 0.4) is 0 Å². The smallest absolute Gasteiger partial charge is 0.240 e. The summed E-state index contributed by atoms with van der Waals surface area (Å²) in [5.74, 6) is 0. The van der Waals surface area contributed by atoms with E-state index in [1.165, 1.54) is 25.0 Å². The first-order valence-corrected chi connectivity index (χ1v) is 12.8. The van der Waals surface area contributed by atoms with Gasteiger partial charge in [-0.3, -0.25) is 0 Å². The summed E-state index contributed by atoms with van der Waals surface area (Å²) in [5.41, 5.74) is 0.242. The van der Waals surface area contributed by atoms with Crippen LogP contribution in [0.25, 0.3) is 0 Å². The largest absolute Gasteiger partial charge is 0.381 e. The number of rotatable bonds is 6. The maximum Gasteiger partial charge on any atom is 0.240 e. The van der Waals surface area contributed by atoms with Crippen LogP contribution in [-0.4, -0.2) is 61.8 Å². The van der Waals surface area contributed by atoms with Gasteiger partial charge in [-0.15, -0.1) is 0 Å². The Bertz CT molecular complexity index is 1190. The lowest BCUT2D eigenvalue weighted by Crippen LogP contribution is -2.37. The summed E-state index contributed by atoms with van der Waals surface area (Å²) in [7, 11) is 0. The SMILES string of the molecule is C1CCOC1.C1CO1.Cc1c(N=C=O)cccc1N=C=O.O=C=NC1(CC2(N=C=O)C=CC=CC2)C=CC=CC1. The molecule has 10 nitrogen and oxygen atoms in total. The van der Waals surface area contributed by atoms with Gasteiger partial charge >= 0.3 is 0 Å². The molecule has 0 radical (unpaired) electrons. The van der Waals surface area contributed by atoms with E-state index in [2.05, 4.69) is 24.7 Å². The van der Waals surface area contributed by atoms with Gasteiger partial charge in [-0.05, 0) is 44.7 Å². The summed E-state index contributed by atoms with van der Waals surface area (Å²) in [6.45, 7) is 5.71. The van der Waals surface area contributed by atoms with E-state index in [0.29, 0.717) is 36.2 Å². The van der Waals surface area contributed by atoms with Gasteiger partial charge in [-0.25, -0.2) is 19.2 Å². The van der Waals surface area contributed by atoms with Crippen molar-refractivity contribution in [3.8, 4) is 0 Å². The lowest BCUT2D eigenvalue weighted by atomic mass is 9.76. The first-order valence-electron chi connectivity index (χ1n) is 12.8. The summed E-state index contributed by atoms with van der Waals surface area (Å²) in [6.07, 6.45) is 25.5. The molecule has 2 unspecified atom stereocenters. The quantitative estimate of drug-likeness (QED) is 0.270. The number of hydrogen-bond acceptors (Lipinski definition) is 10. The molecule has 2 aliphatic heterocycles. The van der Waals surface area contributed by atoms with E-state index in [1.807, 2.05) is 48.6 Å². The maximum absolute atomic E-state index is 10.7. The Morgan fingerprint density at radius 1 is 0.700 bits per heavy atom. The van der Waals surface area contributed by atoms with Crippen molar-refractivity contribution in [2.75, 3.05) is 26.4 Å². The zero-order chi connectivity index (χ0) is 28.9. The van der Waals surface area contributed by atoms with Crippen molar-refractivity contribution in [3.63, 3.8) is 0 Å². The first kappa shape index (κ1) is 31.8. The first-order chi connectivity index (χ1) is 19.5. The lowest BCUT2D eigenvalue weighted by Gasteiger charge is -2.34. The van der Waals surface area contributed by atoms with Gasteiger partial charge in [0.25, 0.3) is 0 Å². The Morgan fingerprint density at radius 2 is 1.18 bits per heavy atom. The highest BCUT2D eigenvalue weighted by molar-refractivity contribution is 5.64. The predicted octanol–water partition coefficient (Wildman–Crippen LogP) is 5.30. The van der Waals surface area contributed by atoms with Gasteiger partial charge in [0.15, 0.2) is 0 Å². The zero-order valence-corrected chi connectivity index (χ0v) is 22.5. The maximum atomic E-state index is 10.7. The molecule has 0 saturated carbocycles. The van der Waals surface area contributed by atoms with Crippen LogP contribution in [0.4, 0.5) is 11.4 Å². The average Bonchev–Trinajstić information content (AvgIpc) is 3.72. The molecule has 1 aromatic carbocycles. The number of epoxide rings is 1. The fraction of sp³-hybridized carbons (Fsp3) is 0.400. The summed E-state index contributed by atoms with van der Waals surface area (Å²) in [4.78, 5) is 56.2. The van der Waals surface area contributed by atoms with E-state index in [9.17, 15) is 19.2 Å². The normalized spacial score (nSPS) is 22.5. The summed E-state index contributed by atoms with van der Waals surface area (Å²) in [5, 5.41) is 0. The Kier molecular flexibility index (Phi) is 14.3. The van der Waals surface area contributed by atoms with Gasteiger partial charge in [-0.1, -0.05) is 54.7 Å². The molecule has 4 aliphatic rings. The van der Waals surface area contributed by atoms with Crippen LogP contribution >= 0.6 is 0 Å². The van der Waals surface area contributed by atoms with Crippen LogP contribution in [-0.2, 0) is 28.7 Å². The van der Waals surface area contributed by atoms with Crippen LogP contribution in [0.2, 0.25) is 0 Å². The fourth-order valence-corrected chi connectivity index (χ4v) is 3.99. The van der Waals surface area contributed by atoms with Gasteiger partial charge < -0.3 is 9.47 Å². The van der Waals surface area contributed by atoms with E-state index in [0.717, 1.165) is 26.4 Å². The fourth-order valence-electron chi connectivity index (χ4n) is 3.99. The third kappa shape index (κ3) is 11.6. The third-order valence-corrected chi connectivity index (χ3v) is 6.04. The van der Waals surface area contributed by atoms with Crippen LogP contribution in [0, 0.1) is 6.92 Å². The number of isocyanates is 4. The van der Waals surface area contributed by atoms with Crippen molar-refractivity contribution in [1.82, 2.24) is 0 Å². The molecule has 2 saturated heterocycles. The highest BCUT2D eigenvalue weighted by Crippen LogP contribution is 2.37. The molecule has 0 spiro atoms. The van der Waals surface area contributed by atoms with Crippen molar-refractivity contribution in [3.05, 3.63) is 72.4 Å². The van der Waals surface area contributed by atoms with E-state index in [4.69, 9.17) is 4.74 Å². The Labute approximate surface area is 233 Å². The van der Waals surface area contributed by atoms with Crippen LogP contribution in [0.5, 0.6) is 0 Å². The van der Waals surface area contributed by atoms with E-state index >= 15 is 0 Å². The molecule has 0 N–H and O–H groups in total. The molecule has 0 amide bonds. The van der Waals surface area contributed by atoms with Crippen molar-refractivity contribution in [2.45, 2.75) is 50.1 Å². The second kappa shape index (κ2) is 18.0. The summed E-state index contributed by atoms with van der Waals surface area (Å²) < 4.78 is 9.44. The van der Waals surface area contributed by atoms with Crippen molar-refractivity contribution in [2.24, 2.45) is 20.0 Å². The van der Waals surface area contributed by atoms with Crippen LogP contribution in [0.15, 0.2) is 86.8 Å². The summed E-state index contributed by atoms with van der Waals surface area (Å²) >= 11 is 0. The Morgan fingerprint density at radius 3 is 1.48 bits per heavy atom. The minimum atomic E-state index is -0.674. The topological polar surface area (TPSA) is 139 Å². The molecule has 40 heavy (non-hydrogen) atoms. The van der Waals surface area contributed by atoms with Gasteiger partial charge in [-0.2, -0.15) is 20.0 Å². The molecule has 2 aliphatic carbocycles. The van der Waals surface area contributed by atoms with Gasteiger partial charge in [0.1, 0.15) is 0 Å². The molecule has 5 rings (SSSR count). The minimum Gasteiger partial charge on any atom is -0.381 e. The molecule has 2 heterocycles. The second-order valence-electron chi connectivity index (χ2n) is 9.03. The van der Waals surface area contributed by atoms with Gasteiger partial charge in [0.2, 0.25) is 24.3 Å². The standard InChI is InChI=1S/C15H14N2O2.C9H6N2O2.C4H8O.C2H4O/c18-12-16-14(7-3-1-4-8-14)11-15(17-13-19)9-5-2-6-10-15;1-7-8(10-5-12)3-2-4-9(7)11-6-13;1-2-4-5-3-1;1-2-3-1/h1-7,9H,8,10-11H2;2-4H,1H3;1-4H2;1-2H2. The van der Waals surface area contributed by atoms with Crippen LogP contribution < -0.4 is 0 Å². The number of aliphatic imine (C=N–C) groups is 4. The van der Waals surface area contributed by atoms with Crippen molar-refractivity contribution < 1.29 is 28.7 Å². The highest BCUT2D eigenvalue weighted by Gasteiger charge is 2.38. The molecule has 10 heteroatoms. The van der Waals surface area contributed by atoms with Crippen molar-refractivity contribution in [1.29, 1.82) is 0 Å². The number of allylic oxidation sites excluding steroid dienone is 4. The molecular formula is C30H32N4O6. The molecule has 2 atom stereocenters. The minimum absolute atomic E-state index is 0.451. The molecule has 2 fully saturated rings. The zero-order valence-electron chi connectivity index (χ0n) is 22.5. The molecule has 0 bridgehead atoms. The Hall–Kier alpha value is -4.38.